The van der Waals surface area contributed by atoms with Crippen molar-refractivity contribution in [3.05, 3.63) is 52.1 Å². The van der Waals surface area contributed by atoms with Crippen LogP contribution in [0, 0.1) is 5.82 Å². The summed E-state index contributed by atoms with van der Waals surface area (Å²) in [6.45, 7) is 1.14. The minimum absolute atomic E-state index is 0.0715. The largest absolute Gasteiger partial charge is 0.419 e. The summed E-state index contributed by atoms with van der Waals surface area (Å²) in [5, 5.41) is 17.9. The van der Waals surface area contributed by atoms with E-state index in [0.717, 1.165) is 11.6 Å². The number of nitrogens with zero attached hydrogens (tertiary/aromatic N) is 3. The van der Waals surface area contributed by atoms with Crippen LogP contribution in [0.15, 0.2) is 18.2 Å². The fraction of sp³-hybridized carbons (Fsp3) is 0.591. The highest BCUT2D eigenvalue weighted by Gasteiger charge is 2.40. The maximum Gasteiger partial charge on any atom is 0.419 e. The van der Waals surface area contributed by atoms with E-state index >= 15 is 0 Å². The number of alkyl halides is 6. The zero-order valence-electron chi connectivity index (χ0n) is 18.2. The molecule has 1 aromatic heterocycles. The van der Waals surface area contributed by atoms with Crippen molar-refractivity contribution in [2.75, 3.05) is 26.2 Å². The molecule has 188 valence electrons. The lowest BCUT2D eigenvalue weighted by Gasteiger charge is -2.36. The van der Waals surface area contributed by atoms with E-state index in [4.69, 9.17) is 0 Å². The Kier molecular flexibility index (Phi) is 6.94. The molecule has 1 aromatic carbocycles. The number of halogens is 7. The van der Waals surface area contributed by atoms with Crippen molar-refractivity contribution >= 4 is 0 Å². The predicted molar refractivity (Wildman–Crippen MR) is 108 cm³/mol. The molecule has 3 heterocycles. The van der Waals surface area contributed by atoms with Gasteiger partial charge in [-0.3, -0.25) is 14.9 Å². The molecule has 0 aliphatic carbocycles. The van der Waals surface area contributed by atoms with Gasteiger partial charge in [-0.1, -0.05) is 12.1 Å². The van der Waals surface area contributed by atoms with Gasteiger partial charge in [-0.05, 0) is 36.8 Å². The highest BCUT2D eigenvalue weighted by atomic mass is 19.4. The highest BCUT2D eigenvalue weighted by Crippen LogP contribution is 2.41. The second-order valence-corrected chi connectivity index (χ2v) is 8.84. The third-order valence-electron chi connectivity index (χ3n) is 6.65. The number of hydrogen-bond acceptors (Lipinski definition) is 4. The highest BCUT2D eigenvalue weighted by molar-refractivity contribution is 5.35. The first-order valence-electron chi connectivity index (χ1n) is 11.1. The molecule has 0 bridgehead atoms. The number of likely N-dealkylation sites (tertiary alicyclic amines) is 1. The van der Waals surface area contributed by atoms with E-state index in [1.165, 1.54) is 12.1 Å². The molecule has 0 saturated carbocycles. The molecule has 0 spiro atoms. The number of aromatic amines is 1. The van der Waals surface area contributed by atoms with Gasteiger partial charge in [0.15, 0.2) is 6.23 Å². The Bertz CT molecular complexity index is 996. The molecule has 5 nitrogen and oxygen atoms in total. The number of aromatic nitrogens is 2. The lowest BCUT2D eigenvalue weighted by Crippen LogP contribution is -2.38. The third-order valence-corrected chi connectivity index (χ3v) is 6.65. The van der Waals surface area contributed by atoms with E-state index in [9.17, 15) is 35.8 Å². The minimum atomic E-state index is -4.79. The summed E-state index contributed by atoms with van der Waals surface area (Å²) in [5.74, 6) is -1.79. The SMILES string of the molecule is OC(c1n[nH]c2c1CCN(CCC(F)(F)F)C2)N1CCC(c2cccc(F)c2C(F)(F)F)CC1. The molecule has 0 radical (unpaired) electrons. The first-order valence-corrected chi connectivity index (χ1v) is 11.1. The molecule has 12 heteroatoms. The summed E-state index contributed by atoms with van der Waals surface area (Å²) in [5.41, 5.74) is 0.517. The van der Waals surface area contributed by atoms with E-state index in [1.54, 1.807) is 9.80 Å². The number of nitrogens with one attached hydrogen (secondary N) is 1. The van der Waals surface area contributed by atoms with Crippen LogP contribution in [0.1, 0.15) is 59.5 Å². The van der Waals surface area contributed by atoms with Crippen LogP contribution >= 0.6 is 0 Å². The van der Waals surface area contributed by atoms with Crippen LogP contribution < -0.4 is 0 Å². The average Bonchev–Trinajstić information content (AvgIpc) is 3.19. The van der Waals surface area contributed by atoms with Gasteiger partial charge in [-0.25, -0.2) is 4.39 Å². The Hall–Kier alpha value is -2.18. The molecular weight excluding hydrogens is 469 g/mol. The molecule has 2 N–H and O–H groups in total. The fourth-order valence-electron chi connectivity index (χ4n) is 4.90. The van der Waals surface area contributed by atoms with Crippen molar-refractivity contribution in [1.29, 1.82) is 0 Å². The van der Waals surface area contributed by atoms with Gasteiger partial charge in [0.1, 0.15) is 11.5 Å². The summed E-state index contributed by atoms with van der Waals surface area (Å²) in [6.07, 6.45) is -9.96. The van der Waals surface area contributed by atoms with Gasteiger partial charge in [-0.15, -0.1) is 0 Å². The number of aliphatic hydroxyl groups is 1. The van der Waals surface area contributed by atoms with E-state index in [-0.39, 0.29) is 18.7 Å². The Labute approximate surface area is 191 Å². The molecule has 2 aliphatic heterocycles. The van der Waals surface area contributed by atoms with E-state index < -0.39 is 42.3 Å². The molecule has 1 atom stereocenters. The molecule has 2 aliphatic rings. The van der Waals surface area contributed by atoms with E-state index in [1.807, 2.05) is 0 Å². The van der Waals surface area contributed by atoms with Crippen LogP contribution in [0.3, 0.4) is 0 Å². The Morgan fingerprint density at radius 2 is 1.79 bits per heavy atom. The van der Waals surface area contributed by atoms with Gasteiger partial charge in [0.05, 0.1) is 17.7 Å². The van der Waals surface area contributed by atoms with Crippen molar-refractivity contribution in [2.45, 2.75) is 56.7 Å². The standard InChI is InChI=1S/C22H25F7N4O/c23-16-3-1-2-14(18(16)22(27,28)29)13-4-9-33(10-5-13)20(34)19-15-6-8-32(11-7-21(24,25)26)12-17(15)30-31-19/h1-3,13,20,34H,4-12H2,(H,30,31). The van der Waals surface area contributed by atoms with Crippen LogP contribution in [-0.2, 0) is 19.1 Å². The monoisotopic (exact) mass is 494 g/mol. The van der Waals surface area contributed by atoms with Crippen LogP contribution in [0.2, 0.25) is 0 Å². The Morgan fingerprint density at radius 3 is 2.44 bits per heavy atom. The Balaban J connectivity index is 1.40. The normalized spacial score (nSPS) is 19.9. The van der Waals surface area contributed by atoms with E-state index in [0.29, 0.717) is 50.3 Å². The van der Waals surface area contributed by atoms with Gasteiger partial charge in [0.25, 0.3) is 0 Å². The lowest BCUT2D eigenvalue weighted by molar-refractivity contribution is -0.141. The first-order chi connectivity index (χ1) is 15.9. The van der Waals surface area contributed by atoms with Crippen LogP contribution in [-0.4, -0.2) is 57.5 Å². The predicted octanol–water partition coefficient (Wildman–Crippen LogP) is 4.75. The number of fused-ring (bicyclic) bond motifs is 1. The molecule has 34 heavy (non-hydrogen) atoms. The number of piperidine rings is 1. The van der Waals surface area contributed by atoms with Crippen LogP contribution in [0.4, 0.5) is 30.7 Å². The maximum absolute atomic E-state index is 13.9. The lowest BCUT2D eigenvalue weighted by atomic mass is 9.86. The van der Waals surface area contributed by atoms with Crippen LogP contribution in [0.25, 0.3) is 0 Å². The fourth-order valence-corrected chi connectivity index (χ4v) is 4.90. The first kappa shape index (κ1) is 24.9. The maximum atomic E-state index is 13.9. The van der Waals surface area contributed by atoms with Crippen molar-refractivity contribution in [1.82, 2.24) is 20.0 Å². The summed E-state index contributed by atoms with van der Waals surface area (Å²) in [6, 6.07) is 3.38. The zero-order chi connectivity index (χ0) is 24.7. The average molecular weight is 494 g/mol. The molecule has 2 aromatic rings. The Morgan fingerprint density at radius 1 is 1.09 bits per heavy atom. The number of hydrogen-bond donors (Lipinski definition) is 2. The van der Waals surface area contributed by atoms with Crippen LogP contribution in [0.5, 0.6) is 0 Å². The van der Waals surface area contributed by atoms with Gasteiger partial charge < -0.3 is 5.11 Å². The number of benzene rings is 1. The minimum Gasteiger partial charge on any atom is -0.372 e. The number of H-pyrrole nitrogens is 1. The van der Waals surface area contributed by atoms with Gasteiger partial charge >= 0.3 is 12.4 Å². The number of rotatable bonds is 5. The summed E-state index contributed by atoms with van der Waals surface area (Å²) >= 11 is 0. The molecule has 4 rings (SSSR count). The number of aliphatic hydroxyl groups excluding tert-OH is 1. The second kappa shape index (κ2) is 9.46. The van der Waals surface area contributed by atoms with Crippen molar-refractivity contribution in [3.8, 4) is 0 Å². The summed E-state index contributed by atoms with van der Waals surface area (Å²) in [7, 11) is 0. The van der Waals surface area contributed by atoms with Gasteiger partial charge in [0, 0.05) is 38.3 Å². The quantitative estimate of drug-likeness (QED) is 0.590. The summed E-state index contributed by atoms with van der Waals surface area (Å²) < 4.78 is 91.6. The van der Waals surface area contributed by atoms with E-state index in [2.05, 4.69) is 10.2 Å². The topological polar surface area (TPSA) is 55.4 Å². The van der Waals surface area contributed by atoms with Crippen molar-refractivity contribution in [2.24, 2.45) is 0 Å². The molecule has 1 fully saturated rings. The summed E-state index contributed by atoms with van der Waals surface area (Å²) in [4.78, 5) is 3.38. The zero-order valence-corrected chi connectivity index (χ0v) is 18.2. The smallest absolute Gasteiger partial charge is 0.372 e. The van der Waals surface area contributed by atoms with Crippen molar-refractivity contribution < 1.29 is 35.8 Å². The molecule has 1 unspecified atom stereocenters. The third kappa shape index (κ3) is 5.38. The molecule has 1 saturated heterocycles. The molecular formula is C22H25F7N4O. The van der Waals surface area contributed by atoms with Crippen molar-refractivity contribution in [3.63, 3.8) is 0 Å². The second-order valence-electron chi connectivity index (χ2n) is 8.84. The molecule has 0 amide bonds. The van der Waals surface area contributed by atoms with Gasteiger partial charge in [-0.2, -0.15) is 31.4 Å². The van der Waals surface area contributed by atoms with Gasteiger partial charge in [0.2, 0.25) is 0 Å².